The molecule has 1 atom stereocenters. The first-order valence-corrected chi connectivity index (χ1v) is 9.77. The fraction of sp³-hybridized carbons (Fsp3) is 0.368. The summed E-state index contributed by atoms with van der Waals surface area (Å²) in [5.41, 5.74) is 0.768. The Balaban J connectivity index is 1.36. The Morgan fingerprint density at radius 2 is 2.19 bits per heavy atom. The summed E-state index contributed by atoms with van der Waals surface area (Å²) in [5.74, 6) is 1.88. The molecule has 3 aromatic rings. The summed E-state index contributed by atoms with van der Waals surface area (Å²) in [7, 11) is 0. The summed E-state index contributed by atoms with van der Waals surface area (Å²) in [5, 5.41) is 10.7. The lowest BCUT2D eigenvalue weighted by molar-refractivity contribution is -0.131. The molecule has 0 spiro atoms. The van der Waals surface area contributed by atoms with E-state index in [-0.39, 0.29) is 18.4 Å². The fourth-order valence-corrected chi connectivity index (χ4v) is 3.89. The van der Waals surface area contributed by atoms with Crippen LogP contribution in [0.5, 0.6) is 5.75 Å². The van der Waals surface area contributed by atoms with Crippen molar-refractivity contribution < 1.29 is 13.9 Å². The van der Waals surface area contributed by atoms with E-state index < -0.39 is 0 Å². The highest BCUT2D eigenvalue weighted by Crippen LogP contribution is 2.31. The molecule has 1 aromatic carbocycles. The third kappa shape index (κ3) is 4.16. The first-order valence-electron chi connectivity index (χ1n) is 8.89. The van der Waals surface area contributed by atoms with Crippen LogP contribution in [-0.2, 0) is 17.8 Å². The lowest BCUT2D eigenvalue weighted by atomic mass is 10.2. The van der Waals surface area contributed by atoms with E-state index >= 15 is 0 Å². The van der Waals surface area contributed by atoms with Crippen molar-refractivity contribution >= 4 is 17.2 Å². The number of para-hydroxylation sites is 1. The minimum atomic E-state index is -0.127. The molecule has 0 radical (unpaired) electrons. The molecule has 27 heavy (non-hydrogen) atoms. The zero-order chi connectivity index (χ0) is 18.6. The second-order valence-electron chi connectivity index (χ2n) is 6.42. The zero-order valence-corrected chi connectivity index (χ0v) is 15.8. The molecule has 1 amide bonds. The Kier molecular flexibility index (Phi) is 5.15. The Morgan fingerprint density at radius 1 is 1.33 bits per heavy atom. The molecule has 0 aliphatic carbocycles. The van der Waals surface area contributed by atoms with Gasteiger partial charge in [0.1, 0.15) is 23.4 Å². The third-order valence-corrected chi connectivity index (χ3v) is 5.31. The van der Waals surface area contributed by atoms with Gasteiger partial charge in [-0.3, -0.25) is 4.79 Å². The smallest absolute Gasteiger partial charge is 0.238 e. The SMILES string of the molecule is Cc1nnc(C2CCCN2C(=O)Cc2csc(COc3ccccc3)n2)o1. The number of rotatable bonds is 6. The van der Waals surface area contributed by atoms with Gasteiger partial charge in [-0.2, -0.15) is 0 Å². The molecule has 1 fully saturated rings. The van der Waals surface area contributed by atoms with Gasteiger partial charge in [-0.25, -0.2) is 4.98 Å². The highest BCUT2D eigenvalue weighted by Gasteiger charge is 2.33. The molecule has 140 valence electrons. The molecule has 1 aliphatic rings. The molecular weight excluding hydrogens is 364 g/mol. The number of hydrogen-bond donors (Lipinski definition) is 0. The molecule has 3 heterocycles. The lowest BCUT2D eigenvalue weighted by Crippen LogP contribution is -2.32. The van der Waals surface area contributed by atoms with Gasteiger partial charge in [-0.05, 0) is 25.0 Å². The first kappa shape index (κ1) is 17.7. The van der Waals surface area contributed by atoms with Gasteiger partial charge >= 0.3 is 0 Å². The molecule has 8 heteroatoms. The van der Waals surface area contributed by atoms with E-state index in [9.17, 15) is 4.79 Å². The lowest BCUT2D eigenvalue weighted by Gasteiger charge is -2.21. The molecule has 0 bridgehead atoms. The van der Waals surface area contributed by atoms with Crippen LogP contribution in [0.25, 0.3) is 0 Å². The quantitative estimate of drug-likeness (QED) is 0.648. The summed E-state index contributed by atoms with van der Waals surface area (Å²) >= 11 is 1.51. The number of benzene rings is 1. The summed E-state index contributed by atoms with van der Waals surface area (Å²) in [6.07, 6.45) is 2.05. The van der Waals surface area contributed by atoms with Crippen LogP contribution in [0, 0.1) is 6.92 Å². The van der Waals surface area contributed by atoms with Crippen LogP contribution in [0.1, 0.15) is 41.4 Å². The predicted octanol–water partition coefficient (Wildman–Crippen LogP) is 3.32. The average molecular weight is 384 g/mol. The number of likely N-dealkylation sites (tertiary alicyclic amines) is 1. The van der Waals surface area contributed by atoms with Crippen molar-refractivity contribution in [1.82, 2.24) is 20.1 Å². The normalized spacial score (nSPS) is 16.6. The summed E-state index contributed by atoms with van der Waals surface area (Å²) in [6.45, 7) is 2.86. The number of carbonyl (C=O) groups is 1. The maximum Gasteiger partial charge on any atom is 0.238 e. The molecule has 0 saturated carbocycles. The Bertz CT molecular complexity index is 909. The molecule has 2 aromatic heterocycles. The van der Waals surface area contributed by atoms with Crippen LogP contribution in [0.4, 0.5) is 0 Å². The number of aromatic nitrogens is 3. The maximum absolute atomic E-state index is 12.8. The van der Waals surface area contributed by atoms with Gasteiger partial charge in [0.05, 0.1) is 12.1 Å². The zero-order valence-electron chi connectivity index (χ0n) is 15.0. The Labute approximate surface area is 161 Å². The van der Waals surface area contributed by atoms with Gasteiger partial charge in [-0.1, -0.05) is 18.2 Å². The second-order valence-corrected chi connectivity index (χ2v) is 7.36. The van der Waals surface area contributed by atoms with Crippen molar-refractivity contribution in [3.63, 3.8) is 0 Å². The minimum absolute atomic E-state index is 0.0363. The monoisotopic (exact) mass is 384 g/mol. The van der Waals surface area contributed by atoms with Gasteiger partial charge in [0.15, 0.2) is 0 Å². The van der Waals surface area contributed by atoms with Crippen LogP contribution in [0.3, 0.4) is 0 Å². The van der Waals surface area contributed by atoms with Crippen molar-refractivity contribution in [2.75, 3.05) is 6.54 Å². The van der Waals surface area contributed by atoms with E-state index in [2.05, 4.69) is 15.2 Å². The number of thiazole rings is 1. The number of carbonyl (C=O) groups excluding carboxylic acids is 1. The van der Waals surface area contributed by atoms with Gasteiger partial charge in [0.2, 0.25) is 17.7 Å². The van der Waals surface area contributed by atoms with Crippen LogP contribution in [-0.4, -0.2) is 32.5 Å². The third-order valence-electron chi connectivity index (χ3n) is 4.44. The fourth-order valence-electron chi connectivity index (χ4n) is 3.18. The number of nitrogens with zero attached hydrogens (tertiary/aromatic N) is 4. The number of ether oxygens (including phenoxy) is 1. The van der Waals surface area contributed by atoms with Crippen molar-refractivity contribution in [3.05, 3.63) is 58.2 Å². The maximum atomic E-state index is 12.8. The largest absolute Gasteiger partial charge is 0.486 e. The molecule has 1 aliphatic heterocycles. The topological polar surface area (TPSA) is 81.4 Å². The summed E-state index contributed by atoms with van der Waals surface area (Å²) in [4.78, 5) is 19.1. The Hall–Kier alpha value is -2.74. The van der Waals surface area contributed by atoms with E-state index in [0.29, 0.717) is 24.9 Å². The molecule has 1 unspecified atom stereocenters. The highest BCUT2D eigenvalue weighted by molar-refractivity contribution is 7.09. The van der Waals surface area contributed by atoms with Crippen LogP contribution < -0.4 is 4.74 Å². The second kappa shape index (κ2) is 7.87. The standard InChI is InChI=1S/C19H20N4O3S/c1-13-21-22-19(26-13)16-8-5-9-23(16)18(24)10-14-12-27-17(20-14)11-25-15-6-3-2-4-7-15/h2-4,6-7,12,16H,5,8-11H2,1H3. The summed E-state index contributed by atoms with van der Waals surface area (Å²) < 4.78 is 11.2. The van der Waals surface area contributed by atoms with E-state index in [1.165, 1.54) is 11.3 Å². The van der Waals surface area contributed by atoms with E-state index in [4.69, 9.17) is 9.15 Å². The van der Waals surface area contributed by atoms with Crippen molar-refractivity contribution in [2.24, 2.45) is 0 Å². The van der Waals surface area contributed by atoms with E-state index in [1.54, 1.807) is 6.92 Å². The minimum Gasteiger partial charge on any atom is -0.486 e. The van der Waals surface area contributed by atoms with Crippen molar-refractivity contribution in [2.45, 2.75) is 38.8 Å². The molecule has 4 rings (SSSR count). The van der Waals surface area contributed by atoms with Gasteiger partial charge < -0.3 is 14.1 Å². The van der Waals surface area contributed by atoms with Gasteiger partial charge in [-0.15, -0.1) is 21.5 Å². The average Bonchev–Trinajstić information content (AvgIpc) is 3.41. The highest BCUT2D eigenvalue weighted by atomic mass is 32.1. The van der Waals surface area contributed by atoms with E-state index in [1.807, 2.05) is 40.6 Å². The molecule has 0 N–H and O–H groups in total. The Morgan fingerprint density at radius 3 is 2.96 bits per heavy atom. The number of aryl methyl sites for hydroxylation is 1. The van der Waals surface area contributed by atoms with E-state index in [0.717, 1.165) is 29.3 Å². The molecular formula is C19H20N4O3S. The van der Waals surface area contributed by atoms with Crippen molar-refractivity contribution in [3.8, 4) is 5.75 Å². The number of amides is 1. The van der Waals surface area contributed by atoms with Crippen LogP contribution in [0.15, 0.2) is 40.1 Å². The molecule has 7 nitrogen and oxygen atoms in total. The van der Waals surface area contributed by atoms with Gasteiger partial charge in [0, 0.05) is 18.8 Å². The van der Waals surface area contributed by atoms with Crippen LogP contribution >= 0.6 is 11.3 Å². The first-order chi connectivity index (χ1) is 13.2. The molecule has 1 saturated heterocycles. The van der Waals surface area contributed by atoms with Gasteiger partial charge in [0.25, 0.3) is 0 Å². The number of hydrogen-bond acceptors (Lipinski definition) is 7. The summed E-state index contributed by atoms with van der Waals surface area (Å²) in [6, 6.07) is 9.49. The van der Waals surface area contributed by atoms with Crippen LogP contribution in [0.2, 0.25) is 0 Å². The predicted molar refractivity (Wildman–Crippen MR) is 99.3 cm³/mol. The van der Waals surface area contributed by atoms with Crippen molar-refractivity contribution in [1.29, 1.82) is 0 Å².